The SMILES string of the molecule is C[c-]1ccc2ccccc21.F.F.[Ti]. The van der Waals surface area contributed by atoms with Gasteiger partial charge in [-0.15, -0.1) is 34.5 Å². The Labute approximate surface area is 90.9 Å². The first-order valence-corrected chi connectivity index (χ1v) is 3.49. The zero-order chi connectivity index (χ0) is 6.97. The van der Waals surface area contributed by atoms with Crippen LogP contribution >= 0.6 is 0 Å². The molecule has 0 aromatic heterocycles. The molecule has 3 heteroatoms. The molecule has 0 aliphatic heterocycles. The molecule has 0 aliphatic rings. The first-order valence-electron chi connectivity index (χ1n) is 3.49. The fraction of sp³-hybridized carbons (Fsp3) is 0.100. The quantitative estimate of drug-likeness (QED) is 0.469. The van der Waals surface area contributed by atoms with Crippen molar-refractivity contribution in [2.24, 2.45) is 0 Å². The summed E-state index contributed by atoms with van der Waals surface area (Å²) >= 11 is 0. The van der Waals surface area contributed by atoms with Gasteiger partial charge in [-0.3, -0.25) is 9.41 Å². The van der Waals surface area contributed by atoms with Crippen LogP contribution in [0.3, 0.4) is 0 Å². The molecular formula is C10H11F2Ti-. The van der Waals surface area contributed by atoms with Gasteiger partial charge < -0.3 is 0 Å². The van der Waals surface area contributed by atoms with Crippen LogP contribution in [0.1, 0.15) is 5.56 Å². The second-order valence-corrected chi connectivity index (χ2v) is 2.60. The van der Waals surface area contributed by atoms with Crippen molar-refractivity contribution < 1.29 is 31.1 Å². The van der Waals surface area contributed by atoms with Crippen molar-refractivity contribution in [3.63, 3.8) is 0 Å². The Hall–Kier alpha value is -0.596. The second kappa shape index (κ2) is 5.95. The van der Waals surface area contributed by atoms with Crippen molar-refractivity contribution >= 4 is 10.8 Å². The summed E-state index contributed by atoms with van der Waals surface area (Å²) in [4.78, 5) is 0. The van der Waals surface area contributed by atoms with Crippen LogP contribution in [-0.4, -0.2) is 0 Å². The number of benzene rings is 1. The molecule has 0 amide bonds. The van der Waals surface area contributed by atoms with E-state index in [4.69, 9.17) is 0 Å². The topological polar surface area (TPSA) is 0 Å². The molecule has 0 bridgehead atoms. The predicted octanol–water partition coefficient (Wildman–Crippen LogP) is 3.17. The van der Waals surface area contributed by atoms with Crippen molar-refractivity contribution in [1.82, 2.24) is 0 Å². The van der Waals surface area contributed by atoms with E-state index in [0.717, 1.165) is 0 Å². The van der Waals surface area contributed by atoms with Gasteiger partial charge in [0, 0.05) is 21.7 Å². The molecule has 0 spiro atoms. The Kier molecular flexibility index (Phi) is 6.82. The fourth-order valence-electron chi connectivity index (χ4n) is 1.31. The normalized spacial score (nSPS) is 8.08. The van der Waals surface area contributed by atoms with Gasteiger partial charge >= 0.3 is 0 Å². The molecule has 13 heavy (non-hydrogen) atoms. The summed E-state index contributed by atoms with van der Waals surface area (Å²) in [6, 6.07) is 12.8. The molecule has 2 rings (SSSR count). The molecule has 2 aromatic rings. The zero-order valence-electron chi connectivity index (χ0n) is 7.28. The molecule has 0 nitrogen and oxygen atoms in total. The first kappa shape index (κ1) is 14.9. The van der Waals surface area contributed by atoms with Gasteiger partial charge in [0.15, 0.2) is 0 Å². The molecule has 0 heterocycles. The van der Waals surface area contributed by atoms with E-state index in [1.165, 1.54) is 16.3 Å². The first-order chi connectivity index (χ1) is 4.88. The molecule has 2 aromatic carbocycles. The number of fused-ring (bicyclic) bond motifs is 1. The number of hydrogen-bond donors (Lipinski definition) is 0. The third kappa shape index (κ3) is 2.68. The van der Waals surface area contributed by atoms with Crippen LogP contribution in [0, 0.1) is 6.92 Å². The van der Waals surface area contributed by atoms with E-state index in [1.54, 1.807) is 0 Å². The fourth-order valence-corrected chi connectivity index (χ4v) is 1.31. The number of halogens is 2. The largest absolute Gasteiger partial charge is 0.269 e. The predicted molar refractivity (Wildman–Crippen MR) is 49.3 cm³/mol. The van der Waals surface area contributed by atoms with Gasteiger partial charge in [-0.25, -0.2) is 0 Å². The summed E-state index contributed by atoms with van der Waals surface area (Å²) in [5.74, 6) is 0. The Balaban J connectivity index is 0. The van der Waals surface area contributed by atoms with Gasteiger partial charge in [0.25, 0.3) is 0 Å². The summed E-state index contributed by atoms with van der Waals surface area (Å²) in [7, 11) is 0. The number of rotatable bonds is 0. The van der Waals surface area contributed by atoms with Crippen LogP contribution in [0.4, 0.5) is 9.41 Å². The zero-order valence-corrected chi connectivity index (χ0v) is 8.84. The molecule has 70 valence electrons. The summed E-state index contributed by atoms with van der Waals surface area (Å²) in [5.41, 5.74) is 1.37. The van der Waals surface area contributed by atoms with E-state index >= 15 is 0 Å². The maximum absolute atomic E-state index is 2.16. The summed E-state index contributed by atoms with van der Waals surface area (Å²) < 4.78 is 0. The van der Waals surface area contributed by atoms with E-state index in [-0.39, 0.29) is 31.1 Å². The van der Waals surface area contributed by atoms with Crippen LogP contribution in [0.5, 0.6) is 0 Å². The van der Waals surface area contributed by atoms with E-state index in [0.29, 0.717) is 0 Å². The van der Waals surface area contributed by atoms with E-state index in [2.05, 4.69) is 43.3 Å². The second-order valence-electron chi connectivity index (χ2n) is 2.60. The molecule has 0 saturated heterocycles. The Morgan fingerprint density at radius 3 is 2.23 bits per heavy atom. The van der Waals surface area contributed by atoms with Gasteiger partial charge in [0.1, 0.15) is 0 Å². The smallest absolute Gasteiger partial charge is 0 e. The molecule has 0 radical (unpaired) electrons. The average Bonchev–Trinajstić information content (AvgIpc) is 2.34. The van der Waals surface area contributed by atoms with Gasteiger partial charge in [-0.2, -0.15) is 12.1 Å². The number of aryl methyl sites for hydroxylation is 1. The molecule has 0 aliphatic carbocycles. The maximum Gasteiger partial charge on any atom is 0 e. The van der Waals surface area contributed by atoms with Crippen LogP contribution in [0.15, 0.2) is 36.4 Å². The monoisotopic (exact) mass is 217 g/mol. The van der Waals surface area contributed by atoms with Crippen molar-refractivity contribution in [3.05, 3.63) is 42.0 Å². The van der Waals surface area contributed by atoms with Gasteiger partial charge in [-0.05, 0) is 0 Å². The Morgan fingerprint density at radius 1 is 1.00 bits per heavy atom. The summed E-state index contributed by atoms with van der Waals surface area (Å²) in [6.45, 7) is 2.14. The van der Waals surface area contributed by atoms with Crippen LogP contribution in [0.2, 0.25) is 0 Å². The summed E-state index contributed by atoms with van der Waals surface area (Å²) in [5, 5.41) is 2.72. The van der Waals surface area contributed by atoms with Crippen LogP contribution < -0.4 is 0 Å². The van der Waals surface area contributed by atoms with Gasteiger partial charge in [0.2, 0.25) is 0 Å². The molecule has 0 N–H and O–H groups in total. The Morgan fingerprint density at radius 2 is 1.62 bits per heavy atom. The third-order valence-corrected chi connectivity index (χ3v) is 1.90. The van der Waals surface area contributed by atoms with E-state index in [9.17, 15) is 0 Å². The van der Waals surface area contributed by atoms with Crippen molar-refractivity contribution in [2.75, 3.05) is 0 Å². The third-order valence-electron chi connectivity index (χ3n) is 1.90. The van der Waals surface area contributed by atoms with Crippen molar-refractivity contribution in [1.29, 1.82) is 0 Å². The average molecular weight is 217 g/mol. The van der Waals surface area contributed by atoms with E-state index < -0.39 is 0 Å². The van der Waals surface area contributed by atoms with Gasteiger partial charge in [-0.1, -0.05) is 13.0 Å². The molecule has 0 saturated carbocycles. The maximum atomic E-state index is 2.16. The minimum atomic E-state index is 0. The van der Waals surface area contributed by atoms with E-state index in [1.807, 2.05) is 0 Å². The molecule has 0 atom stereocenters. The minimum Gasteiger partial charge on any atom is -0.269 e. The molecular weight excluding hydrogens is 206 g/mol. The molecule has 0 unspecified atom stereocenters. The molecule has 0 fully saturated rings. The van der Waals surface area contributed by atoms with Crippen molar-refractivity contribution in [2.45, 2.75) is 6.92 Å². The summed E-state index contributed by atoms with van der Waals surface area (Å²) in [6.07, 6.45) is 0. The Bertz CT molecular complexity index is 354. The van der Waals surface area contributed by atoms with Crippen molar-refractivity contribution in [3.8, 4) is 0 Å². The minimum absolute atomic E-state index is 0. The van der Waals surface area contributed by atoms with Crippen LogP contribution in [0.25, 0.3) is 10.8 Å². The standard InChI is InChI=1S/C10H9.2FH.Ti/c1-8-6-7-9-4-2-3-5-10(8)9;;;/h2-7H,1H3;2*1H;/q-1;;;. The van der Waals surface area contributed by atoms with Crippen LogP contribution in [-0.2, 0) is 21.7 Å². The van der Waals surface area contributed by atoms with Gasteiger partial charge in [0.05, 0.1) is 0 Å². The number of hydrogen-bond acceptors (Lipinski definition) is 0.